The van der Waals surface area contributed by atoms with Crippen LogP contribution in [0.15, 0.2) is 48.5 Å². The van der Waals surface area contributed by atoms with E-state index < -0.39 is 5.60 Å². The molecule has 0 radical (unpaired) electrons. The molecule has 0 atom stereocenters. The number of halogens is 2. The maximum Gasteiger partial charge on any atom is 0.310 e. The predicted molar refractivity (Wildman–Crippen MR) is 128 cm³/mol. The maximum atomic E-state index is 12.7. The Morgan fingerprint density at radius 3 is 2.34 bits per heavy atom. The van der Waals surface area contributed by atoms with Gasteiger partial charge in [0.2, 0.25) is 0 Å². The van der Waals surface area contributed by atoms with Gasteiger partial charge in [-0.15, -0.1) is 0 Å². The van der Waals surface area contributed by atoms with Gasteiger partial charge in [-0.1, -0.05) is 35.9 Å². The summed E-state index contributed by atoms with van der Waals surface area (Å²) in [5.74, 6) is -0.222. The van der Waals surface area contributed by atoms with Gasteiger partial charge in [-0.05, 0) is 91.2 Å². The van der Waals surface area contributed by atoms with Crippen LogP contribution in [0, 0.1) is 10.5 Å². The van der Waals surface area contributed by atoms with Crippen molar-refractivity contribution in [3.05, 3.63) is 68.4 Å². The van der Waals surface area contributed by atoms with Gasteiger partial charge in [0.1, 0.15) is 5.60 Å². The molecule has 1 heterocycles. The Kier molecular flexibility index (Phi) is 6.44. The van der Waals surface area contributed by atoms with Crippen molar-refractivity contribution < 1.29 is 9.53 Å². The lowest BCUT2D eigenvalue weighted by Crippen LogP contribution is -2.25. The topological polar surface area (TPSA) is 31.2 Å². The Bertz CT molecular complexity index is 1050. The highest BCUT2D eigenvalue weighted by molar-refractivity contribution is 14.1. The summed E-state index contributed by atoms with van der Waals surface area (Å²) in [4.78, 5) is 12.7. The zero-order valence-corrected chi connectivity index (χ0v) is 20.3. The van der Waals surface area contributed by atoms with Crippen LogP contribution in [-0.2, 0) is 23.0 Å². The van der Waals surface area contributed by atoms with Gasteiger partial charge in [0.05, 0.1) is 12.1 Å². The number of carbonyl (C=O) groups is 1. The van der Waals surface area contributed by atoms with Gasteiger partial charge in [-0.25, -0.2) is 0 Å². The summed E-state index contributed by atoms with van der Waals surface area (Å²) in [6, 6.07) is 16.2. The molecule has 152 valence electrons. The quantitative estimate of drug-likeness (QED) is 0.279. The first-order chi connectivity index (χ1) is 13.6. The second kappa shape index (κ2) is 8.52. The van der Waals surface area contributed by atoms with Gasteiger partial charge >= 0.3 is 5.97 Å². The zero-order chi connectivity index (χ0) is 21.3. The lowest BCUT2D eigenvalue weighted by Gasteiger charge is -2.20. The summed E-state index contributed by atoms with van der Waals surface area (Å²) in [5.41, 5.74) is 5.81. The van der Waals surface area contributed by atoms with Crippen LogP contribution in [0.5, 0.6) is 0 Å². The van der Waals surface area contributed by atoms with Crippen LogP contribution in [0.3, 0.4) is 0 Å². The third-order valence-corrected chi connectivity index (χ3v) is 5.71. The Morgan fingerprint density at radius 1 is 1.10 bits per heavy atom. The molecule has 3 rings (SSSR count). The number of esters is 1. The Hall–Kier alpha value is -1.79. The van der Waals surface area contributed by atoms with Crippen LogP contribution in [0.4, 0.5) is 0 Å². The standard InChI is InChI=1S/C24H25ClINO2/c1-15-20(14-21(28)29-24(2,3)4)22(17-7-6-8-19(26)13-17)23(27(15)5)16-9-11-18(25)12-10-16/h6-13H,14H2,1-5H3. The minimum atomic E-state index is -0.513. The smallest absolute Gasteiger partial charge is 0.310 e. The minimum absolute atomic E-state index is 0.222. The summed E-state index contributed by atoms with van der Waals surface area (Å²) in [6.45, 7) is 7.73. The molecule has 0 aliphatic rings. The number of ether oxygens (including phenoxy) is 1. The summed E-state index contributed by atoms with van der Waals surface area (Å²) >= 11 is 8.43. The number of hydrogen-bond acceptors (Lipinski definition) is 2. The fourth-order valence-corrected chi connectivity index (χ4v) is 4.17. The van der Waals surface area contributed by atoms with E-state index in [4.69, 9.17) is 16.3 Å². The SMILES string of the molecule is Cc1c(CC(=O)OC(C)(C)C)c(-c2cccc(I)c2)c(-c2ccc(Cl)cc2)n1C. The molecule has 1 aromatic heterocycles. The van der Waals surface area contributed by atoms with Crippen molar-refractivity contribution in [2.45, 2.75) is 39.7 Å². The molecule has 3 nitrogen and oxygen atoms in total. The van der Waals surface area contributed by atoms with Crippen LogP contribution in [0.1, 0.15) is 32.0 Å². The van der Waals surface area contributed by atoms with E-state index in [1.54, 1.807) is 0 Å². The van der Waals surface area contributed by atoms with E-state index in [1.165, 1.54) is 0 Å². The molecule has 3 aromatic rings. The fourth-order valence-electron chi connectivity index (χ4n) is 3.50. The average molecular weight is 522 g/mol. The fraction of sp³-hybridized carbons (Fsp3) is 0.292. The largest absolute Gasteiger partial charge is 0.460 e. The van der Waals surface area contributed by atoms with E-state index in [0.29, 0.717) is 5.02 Å². The Labute approximate surface area is 191 Å². The molecule has 0 aliphatic carbocycles. The monoisotopic (exact) mass is 521 g/mol. The lowest BCUT2D eigenvalue weighted by atomic mass is 9.95. The molecule has 0 fully saturated rings. The van der Waals surface area contributed by atoms with Gasteiger partial charge in [-0.2, -0.15) is 0 Å². The Morgan fingerprint density at radius 2 is 1.76 bits per heavy atom. The van der Waals surface area contributed by atoms with Gasteiger partial charge < -0.3 is 9.30 Å². The molecule has 2 aromatic carbocycles. The molecule has 0 unspecified atom stereocenters. The van der Waals surface area contributed by atoms with Gasteiger partial charge in [0.25, 0.3) is 0 Å². The van der Waals surface area contributed by atoms with Crippen molar-refractivity contribution in [1.29, 1.82) is 0 Å². The summed E-state index contributed by atoms with van der Waals surface area (Å²) in [5, 5.41) is 0.699. The number of hydrogen-bond donors (Lipinski definition) is 0. The first-order valence-electron chi connectivity index (χ1n) is 9.48. The van der Waals surface area contributed by atoms with Crippen LogP contribution in [0.2, 0.25) is 5.02 Å². The van der Waals surface area contributed by atoms with Crippen molar-refractivity contribution in [3.8, 4) is 22.4 Å². The molecular weight excluding hydrogens is 497 g/mol. The second-order valence-corrected chi connectivity index (χ2v) is 9.81. The van der Waals surface area contributed by atoms with Crippen LogP contribution in [0.25, 0.3) is 22.4 Å². The highest BCUT2D eigenvalue weighted by atomic mass is 127. The van der Waals surface area contributed by atoms with Gasteiger partial charge in [0, 0.05) is 26.9 Å². The van der Waals surface area contributed by atoms with E-state index in [-0.39, 0.29) is 12.4 Å². The van der Waals surface area contributed by atoms with Crippen LogP contribution < -0.4 is 0 Å². The van der Waals surface area contributed by atoms with E-state index >= 15 is 0 Å². The van der Waals surface area contributed by atoms with E-state index in [1.807, 2.05) is 58.2 Å². The molecule has 0 bridgehead atoms. The van der Waals surface area contributed by atoms with Crippen molar-refractivity contribution in [2.24, 2.45) is 7.05 Å². The molecule has 0 spiro atoms. The van der Waals surface area contributed by atoms with Crippen molar-refractivity contribution >= 4 is 40.2 Å². The Balaban J connectivity index is 2.21. The third-order valence-electron chi connectivity index (χ3n) is 4.79. The van der Waals surface area contributed by atoms with E-state index in [2.05, 4.69) is 52.3 Å². The normalized spacial score (nSPS) is 11.6. The number of aromatic nitrogens is 1. The number of nitrogens with zero attached hydrogens (tertiary/aromatic N) is 1. The molecular formula is C24H25ClINO2. The molecule has 0 saturated heterocycles. The molecule has 29 heavy (non-hydrogen) atoms. The van der Waals surface area contributed by atoms with E-state index in [0.717, 1.165) is 37.2 Å². The second-order valence-electron chi connectivity index (χ2n) is 8.13. The van der Waals surface area contributed by atoms with Crippen molar-refractivity contribution in [2.75, 3.05) is 0 Å². The summed E-state index contributed by atoms with van der Waals surface area (Å²) in [7, 11) is 2.04. The third kappa shape index (κ3) is 5.04. The molecule has 0 aliphatic heterocycles. The lowest BCUT2D eigenvalue weighted by molar-refractivity contribution is -0.153. The summed E-state index contributed by atoms with van der Waals surface area (Å²) in [6.07, 6.45) is 0.228. The average Bonchev–Trinajstić information content (AvgIpc) is 2.86. The molecule has 0 N–H and O–H groups in total. The van der Waals surface area contributed by atoms with Crippen molar-refractivity contribution in [1.82, 2.24) is 4.57 Å². The van der Waals surface area contributed by atoms with Gasteiger partial charge in [-0.3, -0.25) is 4.79 Å². The van der Waals surface area contributed by atoms with Gasteiger partial charge in [0.15, 0.2) is 0 Å². The number of rotatable bonds is 4. The first kappa shape index (κ1) is 21.9. The van der Waals surface area contributed by atoms with Crippen LogP contribution >= 0.6 is 34.2 Å². The zero-order valence-electron chi connectivity index (χ0n) is 17.3. The molecule has 0 saturated carbocycles. The molecule has 0 amide bonds. The highest BCUT2D eigenvalue weighted by Gasteiger charge is 2.25. The maximum absolute atomic E-state index is 12.7. The number of benzene rings is 2. The highest BCUT2D eigenvalue weighted by Crippen LogP contribution is 2.40. The first-order valence-corrected chi connectivity index (χ1v) is 10.9. The van der Waals surface area contributed by atoms with E-state index in [9.17, 15) is 4.79 Å². The predicted octanol–water partition coefficient (Wildman–Crippen LogP) is 6.81. The molecule has 5 heteroatoms. The number of carbonyl (C=O) groups excluding carboxylic acids is 1. The van der Waals surface area contributed by atoms with Crippen molar-refractivity contribution in [3.63, 3.8) is 0 Å². The van der Waals surface area contributed by atoms with Crippen LogP contribution in [-0.4, -0.2) is 16.1 Å². The minimum Gasteiger partial charge on any atom is -0.460 e. The summed E-state index contributed by atoms with van der Waals surface area (Å²) < 4.78 is 8.91.